The van der Waals surface area contributed by atoms with Gasteiger partial charge in [0.2, 0.25) is 17.6 Å². The Balaban J connectivity index is 1.16. The van der Waals surface area contributed by atoms with Crippen LogP contribution in [0.25, 0.3) is 0 Å². The fraction of sp³-hybridized carbons (Fsp3) is 0.738. The van der Waals surface area contributed by atoms with Gasteiger partial charge >= 0.3 is 6.03 Å². The lowest BCUT2D eigenvalue weighted by Crippen LogP contribution is -2.65. The summed E-state index contributed by atoms with van der Waals surface area (Å²) in [6, 6.07) is 5.53. The van der Waals surface area contributed by atoms with Gasteiger partial charge in [-0.3, -0.25) is 19.2 Å². The molecule has 0 bridgehead atoms. The Hall–Kier alpha value is -3.48. The first kappa shape index (κ1) is 39.7. The molecule has 5 aliphatic carbocycles. The van der Waals surface area contributed by atoms with Gasteiger partial charge in [0, 0.05) is 12.6 Å². The van der Waals surface area contributed by atoms with Gasteiger partial charge in [-0.15, -0.1) is 0 Å². The molecule has 5 fully saturated rings. The van der Waals surface area contributed by atoms with Crippen LogP contribution in [0.5, 0.6) is 0 Å². The van der Waals surface area contributed by atoms with Gasteiger partial charge in [0.15, 0.2) is 9.84 Å². The van der Waals surface area contributed by atoms with Crippen molar-refractivity contribution in [2.75, 3.05) is 6.54 Å². The lowest BCUT2D eigenvalue weighted by atomic mass is 9.79. The topological polar surface area (TPSA) is 171 Å². The second-order valence-corrected chi connectivity index (χ2v) is 22.3. The third kappa shape index (κ3) is 6.98. The number of urea groups is 1. The summed E-state index contributed by atoms with van der Waals surface area (Å²) >= 11 is 0. The molecule has 4 saturated carbocycles. The molecule has 1 heterocycles. The summed E-state index contributed by atoms with van der Waals surface area (Å²) in [4.78, 5) is 72.1. The maximum atomic E-state index is 15.1. The van der Waals surface area contributed by atoms with E-state index in [0.717, 1.165) is 43.2 Å². The number of hydrogen-bond acceptors (Lipinski definition) is 7. The third-order valence-electron chi connectivity index (χ3n) is 14.5. The molecule has 4 unspecified atom stereocenters. The number of rotatable bonds is 12. The van der Waals surface area contributed by atoms with Crippen LogP contribution in [0, 0.1) is 29.1 Å². The van der Waals surface area contributed by atoms with Crippen molar-refractivity contribution in [2.24, 2.45) is 29.1 Å². The SMILES string of the molecule is CCC1CC1(NC(=O)[C@@H]1C2C(CN1C(=O)[C@H](NC(=O)NC1([C@@H](C)S(=O)(=O)C(C)(C)C)CCCCC1)C1Cc3ccccc3C1)C2(C)C)C(=O)C(=O)NC1CC1. The fourth-order valence-corrected chi connectivity index (χ4v) is 12.5. The van der Waals surface area contributed by atoms with E-state index in [9.17, 15) is 27.6 Å². The molecule has 13 heteroatoms. The standard InChI is InChI=1S/C42H61N5O7S/c1-8-28-22-42(28,34(48)36(50)43-29-16-17-29)45-35(49)33-31-30(40(31,6)7)23-47(33)37(51)32(27-20-25-14-10-11-15-26(25)21-27)44-38(52)46-41(18-12-9-13-19-41)24(2)55(53,54)39(3,4)5/h10-11,14-15,24,27-33H,8-9,12-13,16-23H2,1-7H3,(H,43,50)(H,45,49)(H2,44,46,52)/t24-,28?,30?,31?,32-,33+,42?/m1/s1. The van der Waals surface area contributed by atoms with Crippen LogP contribution in [0.2, 0.25) is 0 Å². The summed E-state index contributed by atoms with van der Waals surface area (Å²) in [6.45, 7) is 13.2. The van der Waals surface area contributed by atoms with Gasteiger partial charge in [-0.1, -0.05) is 70.7 Å². The number of carbonyl (C=O) groups is 5. The summed E-state index contributed by atoms with van der Waals surface area (Å²) < 4.78 is 26.6. The lowest BCUT2D eigenvalue weighted by molar-refractivity contribution is -0.145. The number of carbonyl (C=O) groups excluding carboxylic acids is 5. The molecule has 55 heavy (non-hydrogen) atoms. The van der Waals surface area contributed by atoms with Crippen LogP contribution in [-0.2, 0) is 41.9 Å². The number of likely N-dealkylation sites (tertiary alicyclic amines) is 1. The van der Waals surface area contributed by atoms with Crippen LogP contribution < -0.4 is 21.3 Å². The van der Waals surface area contributed by atoms with Crippen LogP contribution in [0.1, 0.15) is 117 Å². The van der Waals surface area contributed by atoms with Gasteiger partial charge < -0.3 is 26.2 Å². The van der Waals surface area contributed by atoms with Crippen LogP contribution >= 0.6 is 0 Å². The van der Waals surface area contributed by atoms with Crippen molar-refractivity contribution in [3.05, 3.63) is 35.4 Å². The Kier molecular flexibility index (Phi) is 10.0. The largest absolute Gasteiger partial charge is 0.347 e. The molecule has 6 aliphatic rings. The summed E-state index contributed by atoms with van der Waals surface area (Å²) in [6.07, 6.45) is 7.30. The predicted molar refractivity (Wildman–Crippen MR) is 208 cm³/mol. The van der Waals surface area contributed by atoms with Gasteiger partial charge in [0.1, 0.15) is 17.6 Å². The number of fused-ring (bicyclic) bond motifs is 2. The van der Waals surface area contributed by atoms with Crippen LogP contribution in [-0.4, -0.2) is 88.6 Å². The predicted octanol–water partition coefficient (Wildman–Crippen LogP) is 3.99. The second-order valence-electron chi connectivity index (χ2n) is 19.3. The van der Waals surface area contributed by atoms with Crippen molar-refractivity contribution in [2.45, 2.75) is 158 Å². The molecule has 0 aromatic heterocycles. The van der Waals surface area contributed by atoms with E-state index in [2.05, 4.69) is 35.1 Å². The highest BCUT2D eigenvalue weighted by Gasteiger charge is 2.71. The molecule has 5 amide bonds. The van der Waals surface area contributed by atoms with Gasteiger partial charge in [0.05, 0.1) is 15.5 Å². The van der Waals surface area contributed by atoms with Gasteiger partial charge in [0.25, 0.3) is 5.91 Å². The Labute approximate surface area is 326 Å². The molecule has 1 aromatic rings. The molecular weight excluding hydrogens is 719 g/mol. The number of ketones is 1. The quantitative estimate of drug-likeness (QED) is 0.233. The van der Waals surface area contributed by atoms with Crippen molar-refractivity contribution in [1.29, 1.82) is 0 Å². The highest BCUT2D eigenvalue weighted by atomic mass is 32.2. The van der Waals surface area contributed by atoms with Gasteiger partial charge in [-0.2, -0.15) is 0 Å². The minimum Gasteiger partial charge on any atom is -0.347 e. The van der Waals surface area contributed by atoms with Gasteiger partial charge in [-0.25, -0.2) is 13.2 Å². The van der Waals surface area contributed by atoms with Crippen molar-refractivity contribution in [3.8, 4) is 0 Å². The van der Waals surface area contributed by atoms with E-state index in [1.807, 2.05) is 31.2 Å². The Morgan fingerprint density at radius 1 is 0.945 bits per heavy atom. The molecular formula is C42H61N5O7S. The van der Waals surface area contributed by atoms with E-state index in [1.54, 1.807) is 32.6 Å². The van der Waals surface area contributed by atoms with Crippen molar-refractivity contribution in [1.82, 2.24) is 26.2 Å². The van der Waals surface area contributed by atoms with E-state index in [4.69, 9.17) is 0 Å². The Morgan fingerprint density at radius 3 is 2.11 bits per heavy atom. The monoisotopic (exact) mass is 779 g/mol. The summed E-state index contributed by atoms with van der Waals surface area (Å²) in [5, 5.41) is 11.1. The average Bonchev–Trinajstić information content (AvgIpc) is 4.06. The zero-order chi connectivity index (χ0) is 39.9. The van der Waals surface area contributed by atoms with E-state index in [1.165, 1.54) is 0 Å². The Morgan fingerprint density at radius 2 is 1.56 bits per heavy atom. The molecule has 0 radical (unpaired) electrons. The molecule has 12 nitrogen and oxygen atoms in total. The molecule has 302 valence electrons. The van der Waals surface area contributed by atoms with E-state index >= 15 is 4.79 Å². The van der Waals surface area contributed by atoms with E-state index in [-0.39, 0.29) is 41.0 Å². The average molecular weight is 780 g/mol. The zero-order valence-electron chi connectivity index (χ0n) is 33.6. The Bertz CT molecular complexity index is 1840. The maximum Gasteiger partial charge on any atom is 0.315 e. The third-order valence-corrected chi connectivity index (χ3v) is 17.6. The highest BCUT2D eigenvalue weighted by molar-refractivity contribution is 7.93. The number of piperidine rings is 1. The van der Waals surface area contributed by atoms with Crippen molar-refractivity contribution in [3.63, 3.8) is 0 Å². The molecule has 1 aliphatic heterocycles. The number of nitrogens with one attached hydrogen (secondary N) is 4. The van der Waals surface area contributed by atoms with E-state index in [0.29, 0.717) is 45.1 Å². The smallest absolute Gasteiger partial charge is 0.315 e. The first-order valence-corrected chi connectivity index (χ1v) is 22.2. The normalized spacial score (nSPS) is 30.3. The minimum atomic E-state index is -3.66. The minimum absolute atomic E-state index is 0.00134. The van der Waals surface area contributed by atoms with Crippen molar-refractivity contribution < 1.29 is 32.4 Å². The van der Waals surface area contributed by atoms with Crippen molar-refractivity contribution >= 4 is 39.4 Å². The molecule has 1 aromatic carbocycles. The fourth-order valence-electron chi connectivity index (χ4n) is 10.5. The second kappa shape index (κ2) is 13.9. The molecule has 4 N–H and O–H groups in total. The van der Waals surface area contributed by atoms with E-state index < -0.39 is 66.6 Å². The lowest BCUT2D eigenvalue weighted by Gasteiger charge is -2.44. The molecule has 0 spiro atoms. The van der Waals surface area contributed by atoms with Gasteiger partial charge in [-0.05, 0) is 113 Å². The molecule has 1 saturated heterocycles. The summed E-state index contributed by atoms with van der Waals surface area (Å²) in [7, 11) is -3.66. The van der Waals surface area contributed by atoms with Crippen LogP contribution in [0.3, 0.4) is 0 Å². The number of Topliss-reactive ketones (excluding diaryl/α,β-unsaturated/α-hetero) is 1. The number of benzene rings is 1. The van der Waals surface area contributed by atoms with Crippen LogP contribution in [0.15, 0.2) is 24.3 Å². The number of nitrogens with zero attached hydrogens (tertiary/aromatic N) is 1. The summed E-state index contributed by atoms with van der Waals surface area (Å²) in [5.74, 6) is -2.65. The first-order chi connectivity index (χ1) is 25.8. The number of sulfone groups is 1. The maximum absolute atomic E-state index is 15.1. The first-order valence-electron chi connectivity index (χ1n) is 20.6. The molecule has 7 rings (SSSR count). The highest BCUT2D eigenvalue weighted by Crippen LogP contribution is 2.65. The zero-order valence-corrected chi connectivity index (χ0v) is 34.4. The van der Waals surface area contributed by atoms with Crippen LogP contribution in [0.4, 0.5) is 4.79 Å². The summed E-state index contributed by atoms with van der Waals surface area (Å²) in [5.41, 5.74) is -0.302. The number of hydrogen-bond donors (Lipinski definition) is 4. The molecule has 7 atom stereocenters. The number of amides is 5.